The van der Waals surface area contributed by atoms with E-state index >= 15 is 0 Å². The van der Waals surface area contributed by atoms with E-state index in [1.807, 2.05) is 0 Å². The zero-order valence-corrected chi connectivity index (χ0v) is 9.00. The number of nitrogens with zero attached hydrogens (tertiary/aromatic N) is 1. The van der Waals surface area contributed by atoms with Gasteiger partial charge in [0.1, 0.15) is 0 Å². The summed E-state index contributed by atoms with van der Waals surface area (Å²) in [5.74, 6) is 0. The highest BCUT2D eigenvalue weighted by atomic mass is 16.4. The summed E-state index contributed by atoms with van der Waals surface area (Å²) in [6, 6.07) is 0.201. The average molecular weight is 201 g/mol. The lowest BCUT2D eigenvalue weighted by molar-refractivity contribution is 0.0324. The van der Waals surface area contributed by atoms with Crippen LogP contribution in [0.5, 0.6) is 0 Å². The third-order valence-electron chi connectivity index (χ3n) is 2.48. The van der Waals surface area contributed by atoms with Crippen LogP contribution in [0.2, 0.25) is 0 Å². The molecule has 3 N–H and O–H groups in total. The highest BCUT2D eigenvalue weighted by Crippen LogP contribution is 2.23. The number of rotatable bonds is 1. The van der Waals surface area contributed by atoms with Gasteiger partial charge >= 0.3 is 6.09 Å². The predicted octanol–water partition coefficient (Wildman–Crippen LogP) is 0.489. The van der Waals surface area contributed by atoms with Crippen LogP contribution < -0.4 is 10.7 Å². The average Bonchev–Trinajstić information content (AvgIpc) is 2.01. The van der Waals surface area contributed by atoms with Crippen LogP contribution in [0, 0.1) is 5.41 Å². The van der Waals surface area contributed by atoms with Crippen LogP contribution in [0.4, 0.5) is 4.79 Å². The number of piperazine rings is 1. The van der Waals surface area contributed by atoms with E-state index in [2.05, 4.69) is 31.5 Å². The number of hydrogen-bond donors (Lipinski definition) is 3. The first-order valence-corrected chi connectivity index (χ1v) is 4.88. The van der Waals surface area contributed by atoms with Gasteiger partial charge in [-0.25, -0.2) is 9.80 Å². The molecule has 1 heterocycles. The summed E-state index contributed by atoms with van der Waals surface area (Å²) >= 11 is 0. The molecule has 0 spiro atoms. The van der Waals surface area contributed by atoms with Crippen molar-refractivity contribution < 1.29 is 9.90 Å². The Bertz CT molecular complexity index is 213. The summed E-state index contributed by atoms with van der Waals surface area (Å²) in [6.07, 6.45) is -0.985. The van der Waals surface area contributed by atoms with E-state index in [1.165, 1.54) is 0 Å². The highest BCUT2D eigenvalue weighted by Gasteiger charge is 2.33. The Kier molecular flexibility index (Phi) is 3.34. The first-order valence-electron chi connectivity index (χ1n) is 4.88. The molecular formula is C9H19N3O2. The van der Waals surface area contributed by atoms with Crippen LogP contribution in [0.1, 0.15) is 20.8 Å². The zero-order chi connectivity index (χ0) is 10.8. The van der Waals surface area contributed by atoms with Gasteiger partial charge in [-0.15, -0.1) is 0 Å². The van der Waals surface area contributed by atoms with Crippen molar-refractivity contribution in [3.05, 3.63) is 0 Å². The molecule has 0 aromatic carbocycles. The Morgan fingerprint density at radius 1 is 1.57 bits per heavy atom. The summed E-state index contributed by atoms with van der Waals surface area (Å²) in [5.41, 5.74) is 2.51. The van der Waals surface area contributed by atoms with Crippen LogP contribution >= 0.6 is 0 Å². The molecule has 0 radical (unpaired) electrons. The summed E-state index contributed by atoms with van der Waals surface area (Å²) in [6.45, 7) is 8.70. The van der Waals surface area contributed by atoms with E-state index < -0.39 is 6.09 Å². The minimum atomic E-state index is -0.985. The van der Waals surface area contributed by atoms with Gasteiger partial charge in [-0.2, -0.15) is 0 Å². The standard InChI is InChI=1S/C9H19N3O2/c1-9(2,3)7-6-10-4-5-12(7)11-8(13)14/h7,10-11H,4-6H2,1-3H3,(H,13,14). The van der Waals surface area contributed by atoms with Crippen molar-refractivity contribution in [2.75, 3.05) is 19.6 Å². The molecular weight excluding hydrogens is 182 g/mol. The maximum absolute atomic E-state index is 10.6. The molecule has 5 heteroatoms. The first-order chi connectivity index (χ1) is 6.41. The second-order valence-electron chi connectivity index (χ2n) is 4.70. The lowest BCUT2D eigenvalue weighted by atomic mass is 9.85. The van der Waals surface area contributed by atoms with E-state index in [0.717, 1.165) is 13.1 Å². The Morgan fingerprint density at radius 2 is 2.21 bits per heavy atom. The minimum Gasteiger partial charge on any atom is -0.464 e. The number of nitrogens with one attached hydrogen (secondary N) is 2. The van der Waals surface area contributed by atoms with Crippen molar-refractivity contribution in [1.29, 1.82) is 0 Å². The largest absolute Gasteiger partial charge is 0.464 e. The van der Waals surface area contributed by atoms with Crippen molar-refractivity contribution in [1.82, 2.24) is 15.8 Å². The molecule has 82 valence electrons. The molecule has 14 heavy (non-hydrogen) atoms. The highest BCUT2D eigenvalue weighted by molar-refractivity contribution is 5.63. The lowest BCUT2D eigenvalue weighted by Crippen LogP contribution is -2.62. The minimum absolute atomic E-state index is 0.0653. The fraction of sp³-hybridized carbons (Fsp3) is 0.889. The van der Waals surface area contributed by atoms with Crippen LogP contribution in [0.3, 0.4) is 0 Å². The van der Waals surface area contributed by atoms with Crippen molar-refractivity contribution >= 4 is 6.09 Å². The topological polar surface area (TPSA) is 64.6 Å². The maximum atomic E-state index is 10.6. The molecule has 1 fully saturated rings. The molecule has 1 atom stereocenters. The lowest BCUT2D eigenvalue weighted by Gasteiger charge is -2.42. The summed E-state index contributed by atoms with van der Waals surface area (Å²) in [4.78, 5) is 10.6. The van der Waals surface area contributed by atoms with Gasteiger partial charge < -0.3 is 10.4 Å². The molecule has 1 rings (SSSR count). The van der Waals surface area contributed by atoms with Crippen LogP contribution in [-0.4, -0.2) is 41.9 Å². The van der Waals surface area contributed by atoms with E-state index in [0.29, 0.717) is 6.54 Å². The molecule has 0 aromatic rings. The quantitative estimate of drug-likeness (QED) is 0.577. The van der Waals surface area contributed by atoms with E-state index in [1.54, 1.807) is 5.01 Å². The fourth-order valence-corrected chi connectivity index (χ4v) is 1.73. The van der Waals surface area contributed by atoms with Gasteiger partial charge in [-0.05, 0) is 5.41 Å². The molecule has 1 unspecified atom stereocenters. The van der Waals surface area contributed by atoms with Crippen molar-refractivity contribution in [2.45, 2.75) is 26.8 Å². The summed E-state index contributed by atoms with van der Waals surface area (Å²) < 4.78 is 0. The molecule has 0 aromatic heterocycles. The van der Waals surface area contributed by atoms with E-state index in [4.69, 9.17) is 5.11 Å². The molecule has 5 nitrogen and oxygen atoms in total. The fourth-order valence-electron chi connectivity index (χ4n) is 1.73. The third kappa shape index (κ3) is 2.85. The Labute approximate surface area is 84.4 Å². The molecule has 0 aliphatic carbocycles. The molecule has 1 aliphatic rings. The Balaban J connectivity index is 2.64. The van der Waals surface area contributed by atoms with Crippen molar-refractivity contribution in [3.8, 4) is 0 Å². The van der Waals surface area contributed by atoms with Crippen molar-refractivity contribution in [2.24, 2.45) is 5.41 Å². The van der Waals surface area contributed by atoms with E-state index in [9.17, 15) is 4.79 Å². The zero-order valence-electron chi connectivity index (χ0n) is 9.00. The van der Waals surface area contributed by atoms with Crippen molar-refractivity contribution in [3.63, 3.8) is 0 Å². The normalized spacial score (nSPS) is 24.6. The number of hydrogen-bond acceptors (Lipinski definition) is 3. The summed E-state index contributed by atoms with van der Waals surface area (Å²) in [7, 11) is 0. The van der Waals surface area contributed by atoms with Gasteiger partial charge in [0.15, 0.2) is 0 Å². The first kappa shape index (κ1) is 11.3. The molecule has 0 bridgehead atoms. The number of carbonyl (C=O) groups is 1. The Hall–Kier alpha value is -0.810. The number of amides is 1. The third-order valence-corrected chi connectivity index (χ3v) is 2.48. The SMILES string of the molecule is CC(C)(C)C1CNCCN1NC(=O)O. The van der Waals surface area contributed by atoms with Gasteiger partial charge in [-0.1, -0.05) is 20.8 Å². The predicted molar refractivity (Wildman–Crippen MR) is 54.0 cm³/mol. The van der Waals surface area contributed by atoms with Gasteiger partial charge in [0.2, 0.25) is 0 Å². The maximum Gasteiger partial charge on any atom is 0.419 e. The number of carboxylic acid groups (broad SMARTS) is 1. The molecule has 1 aliphatic heterocycles. The van der Waals surface area contributed by atoms with Gasteiger partial charge in [0.05, 0.1) is 0 Å². The van der Waals surface area contributed by atoms with Gasteiger partial charge in [0.25, 0.3) is 0 Å². The van der Waals surface area contributed by atoms with Crippen LogP contribution in [0.15, 0.2) is 0 Å². The molecule has 1 amide bonds. The van der Waals surface area contributed by atoms with Crippen LogP contribution in [-0.2, 0) is 0 Å². The second kappa shape index (κ2) is 4.14. The number of hydrazine groups is 1. The smallest absolute Gasteiger partial charge is 0.419 e. The van der Waals surface area contributed by atoms with E-state index in [-0.39, 0.29) is 11.5 Å². The molecule has 1 saturated heterocycles. The second-order valence-corrected chi connectivity index (χ2v) is 4.70. The van der Waals surface area contributed by atoms with Gasteiger partial charge in [-0.3, -0.25) is 5.43 Å². The van der Waals surface area contributed by atoms with Crippen LogP contribution in [0.25, 0.3) is 0 Å². The monoisotopic (exact) mass is 201 g/mol. The van der Waals surface area contributed by atoms with Gasteiger partial charge in [0, 0.05) is 25.7 Å². The molecule has 0 saturated carbocycles. The Morgan fingerprint density at radius 3 is 2.71 bits per heavy atom. The summed E-state index contributed by atoms with van der Waals surface area (Å²) in [5, 5.41) is 13.8.